The Kier molecular flexibility index (Phi) is 16.5. The molecule has 1 saturated carbocycles. The van der Waals surface area contributed by atoms with Gasteiger partial charge < -0.3 is 14.4 Å². The lowest BCUT2D eigenvalue weighted by molar-refractivity contribution is -0.136. The molecule has 1 unspecified atom stereocenters. The lowest BCUT2D eigenvalue weighted by Crippen LogP contribution is -2.39. The van der Waals surface area contributed by atoms with Gasteiger partial charge in [0.25, 0.3) is 0 Å². The van der Waals surface area contributed by atoms with Crippen LogP contribution in [0.1, 0.15) is 101 Å². The average molecular weight is 635 g/mol. The molecule has 1 amide bonds. The molecule has 1 atom stereocenters. The quantitative estimate of drug-likeness (QED) is 0.0525. The topological polar surface area (TPSA) is 68.2 Å². The summed E-state index contributed by atoms with van der Waals surface area (Å²) in [6.45, 7) is 34.2. The number of carbonyl (C=O) groups is 2. The van der Waals surface area contributed by atoms with E-state index < -0.39 is 5.60 Å². The van der Waals surface area contributed by atoms with Gasteiger partial charge in [0.05, 0.1) is 7.11 Å². The van der Waals surface area contributed by atoms with Crippen LogP contribution in [0.2, 0.25) is 0 Å². The van der Waals surface area contributed by atoms with Crippen molar-refractivity contribution in [3.05, 3.63) is 82.5 Å². The summed E-state index contributed by atoms with van der Waals surface area (Å²) in [5, 5.41) is 0. The fraction of sp³-hybridized carbons (Fsp3) is 0.575. The molecular weight excluding hydrogens is 572 g/mol. The number of hydrogen-bond donors (Lipinski definition) is 0. The normalized spacial score (nSPS) is 16.1. The third-order valence-electron chi connectivity index (χ3n) is 7.85. The van der Waals surface area contributed by atoms with Gasteiger partial charge in [0.2, 0.25) is 0 Å². The predicted octanol–water partition coefficient (Wildman–Crippen LogP) is 10.2. The second-order valence-corrected chi connectivity index (χ2v) is 14.4. The third kappa shape index (κ3) is 14.3. The molecule has 1 rings (SSSR count). The van der Waals surface area contributed by atoms with Crippen LogP contribution >= 0.6 is 0 Å². The van der Waals surface area contributed by atoms with Gasteiger partial charge in [0, 0.05) is 37.0 Å². The molecule has 6 nitrogen and oxygen atoms in total. The summed E-state index contributed by atoms with van der Waals surface area (Å²) >= 11 is 0. The molecule has 0 saturated heterocycles. The Morgan fingerprint density at radius 3 is 2.07 bits per heavy atom. The van der Waals surface area contributed by atoms with Gasteiger partial charge in [-0.05, 0) is 109 Å². The number of allylic oxidation sites excluding steroid dienone is 9. The van der Waals surface area contributed by atoms with Crippen molar-refractivity contribution < 1.29 is 19.1 Å². The van der Waals surface area contributed by atoms with Gasteiger partial charge >= 0.3 is 12.1 Å². The maximum atomic E-state index is 13.0. The van der Waals surface area contributed by atoms with Crippen molar-refractivity contribution in [1.29, 1.82) is 0 Å². The summed E-state index contributed by atoms with van der Waals surface area (Å²) in [6, 6.07) is 0. The minimum absolute atomic E-state index is 0.128. The van der Waals surface area contributed by atoms with E-state index in [0.717, 1.165) is 52.0 Å². The maximum Gasteiger partial charge on any atom is 0.410 e. The first-order chi connectivity index (χ1) is 21.3. The molecule has 0 aliphatic heterocycles. The highest BCUT2D eigenvalue weighted by Gasteiger charge is 2.31. The zero-order valence-electron chi connectivity index (χ0n) is 31.1. The highest BCUT2D eigenvalue weighted by Crippen LogP contribution is 2.44. The molecule has 6 heteroatoms. The number of nitrogens with zero attached hydrogens (tertiary/aromatic N) is 2. The van der Waals surface area contributed by atoms with Gasteiger partial charge in [-0.25, -0.2) is 9.59 Å². The third-order valence-corrected chi connectivity index (χ3v) is 7.85. The Morgan fingerprint density at radius 1 is 1.00 bits per heavy atom. The van der Waals surface area contributed by atoms with Crippen LogP contribution in [0.3, 0.4) is 0 Å². The zero-order valence-corrected chi connectivity index (χ0v) is 31.1. The van der Waals surface area contributed by atoms with Crippen molar-refractivity contribution in [2.45, 2.75) is 107 Å². The first kappa shape index (κ1) is 40.6. The van der Waals surface area contributed by atoms with Gasteiger partial charge in [0.1, 0.15) is 5.60 Å². The van der Waals surface area contributed by atoms with E-state index in [1.807, 2.05) is 46.9 Å². The smallest absolute Gasteiger partial charge is 0.410 e. The number of esters is 1. The maximum absolute atomic E-state index is 13.0. The minimum atomic E-state index is -0.550. The van der Waals surface area contributed by atoms with E-state index in [-0.39, 0.29) is 18.0 Å². The number of ether oxygens (including phenoxy) is 2. The summed E-state index contributed by atoms with van der Waals surface area (Å²) < 4.78 is 10.7. The molecule has 256 valence electrons. The summed E-state index contributed by atoms with van der Waals surface area (Å²) in [6.07, 6.45) is 10.0. The fourth-order valence-corrected chi connectivity index (χ4v) is 5.08. The molecule has 0 radical (unpaired) electrons. The number of methoxy groups -OCH3 is 1. The van der Waals surface area contributed by atoms with E-state index in [1.54, 1.807) is 4.90 Å². The molecule has 1 fully saturated rings. The fourth-order valence-electron chi connectivity index (χ4n) is 5.08. The van der Waals surface area contributed by atoms with Gasteiger partial charge in [-0.3, -0.25) is 4.99 Å². The summed E-state index contributed by atoms with van der Waals surface area (Å²) in [5.74, 6) is 0.575. The molecule has 1 aliphatic rings. The number of carbonyl (C=O) groups excluding carboxylic acids is 2. The Morgan fingerprint density at radius 2 is 1.61 bits per heavy atom. The number of amides is 1. The Labute approximate surface area is 280 Å². The molecule has 0 N–H and O–H groups in total. The molecule has 0 heterocycles. The molecule has 46 heavy (non-hydrogen) atoms. The van der Waals surface area contributed by atoms with Gasteiger partial charge in [-0.15, -0.1) is 0 Å². The first-order valence-electron chi connectivity index (χ1n) is 16.6. The molecule has 0 aromatic carbocycles. The van der Waals surface area contributed by atoms with Crippen LogP contribution in [-0.4, -0.2) is 55.5 Å². The molecule has 0 bridgehead atoms. The molecule has 1 aliphatic carbocycles. The molecule has 0 aromatic rings. The summed E-state index contributed by atoms with van der Waals surface area (Å²) in [4.78, 5) is 31.7. The van der Waals surface area contributed by atoms with Crippen molar-refractivity contribution in [2.75, 3.05) is 27.2 Å². The van der Waals surface area contributed by atoms with Gasteiger partial charge in [-0.2, -0.15) is 0 Å². The van der Waals surface area contributed by atoms with Crippen molar-refractivity contribution in [1.82, 2.24) is 4.90 Å². The Bertz CT molecular complexity index is 1290. The summed E-state index contributed by atoms with van der Waals surface area (Å²) in [7, 11) is 3.24. The van der Waals surface area contributed by atoms with Crippen LogP contribution in [-0.2, 0) is 14.3 Å². The van der Waals surface area contributed by atoms with E-state index in [9.17, 15) is 9.59 Å². The minimum Gasteiger partial charge on any atom is -0.466 e. The predicted molar refractivity (Wildman–Crippen MR) is 195 cm³/mol. The first-order valence-corrected chi connectivity index (χ1v) is 16.6. The lowest BCUT2D eigenvalue weighted by Gasteiger charge is -2.29. The summed E-state index contributed by atoms with van der Waals surface area (Å²) in [5.41, 5.74) is 8.67. The standard InChI is InChI=1S/C40H62N2O4/c1-26(2)22-34(38(43)45-15)17-16-30(8)31(9)24-36(33-18-19-33)37(32(10)41-14)35(28(5)6)23-29(7)20-21-42(25-27(3)4)39(44)46-40(11,12)13/h16-17,24,27,31,33H,1,5,7,18-23,25H2,2-4,6,8-15H3/b30-16+,34-17+,36-24-,37-35+,41-32-. The van der Waals surface area contributed by atoms with E-state index >= 15 is 0 Å². The van der Waals surface area contributed by atoms with Crippen LogP contribution in [0.25, 0.3) is 0 Å². The Balaban J connectivity index is 3.48. The van der Waals surface area contributed by atoms with E-state index in [0.29, 0.717) is 49.8 Å². The van der Waals surface area contributed by atoms with Crippen LogP contribution in [0.4, 0.5) is 4.79 Å². The van der Waals surface area contributed by atoms with E-state index in [1.165, 1.54) is 12.7 Å². The number of hydrogen-bond acceptors (Lipinski definition) is 5. The number of rotatable bonds is 17. The van der Waals surface area contributed by atoms with Crippen molar-refractivity contribution >= 4 is 17.8 Å². The van der Waals surface area contributed by atoms with Crippen LogP contribution < -0.4 is 0 Å². The van der Waals surface area contributed by atoms with Gasteiger partial charge in [0.15, 0.2) is 0 Å². The second-order valence-electron chi connectivity index (χ2n) is 14.4. The van der Waals surface area contributed by atoms with E-state index in [4.69, 9.17) is 9.47 Å². The second kappa shape index (κ2) is 18.7. The van der Waals surface area contributed by atoms with Gasteiger partial charge in [-0.1, -0.05) is 81.0 Å². The van der Waals surface area contributed by atoms with Crippen molar-refractivity contribution in [2.24, 2.45) is 22.7 Å². The van der Waals surface area contributed by atoms with Crippen LogP contribution in [0.15, 0.2) is 87.5 Å². The highest BCUT2D eigenvalue weighted by atomic mass is 16.6. The largest absolute Gasteiger partial charge is 0.466 e. The Hall–Kier alpha value is -3.41. The molecular formula is C40H62N2O4. The van der Waals surface area contributed by atoms with Crippen molar-refractivity contribution in [3.63, 3.8) is 0 Å². The SMILES string of the molecule is C=C(C)C/C(=C\C=C(/C)C(C)\C=C(C(/C(C)=N\C)=C(\CC(=C)CCN(CC(C)C)C(=O)OC(C)(C)C)C(=C)C)\C1CC1)C(=O)OC. The van der Waals surface area contributed by atoms with Crippen LogP contribution in [0, 0.1) is 17.8 Å². The highest BCUT2D eigenvalue weighted by molar-refractivity contribution is 6.03. The monoisotopic (exact) mass is 634 g/mol. The molecule has 0 spiro atoms. The van der Waals surface area contributed by atoms with Crippen molar-refractivity contribution in [3.8, 4) is 0 Å². The zero-order chi connectivity index (χ0) is 35.4. The lowest BCUT2D eigenvalue weighted by atomic mass is 9.84. The number of aliphatic imine (C=N–C) groups is 1. The van der Waals surface area contributed by atoms with E-state index in [2.05, 4.69) is 72.3 Å². The van der Waals surface area contributed by atoms with Crippen LogP contribution in [0.5, 0.6) is 0 Å². The molecule has 0 aromatic heterocycles. The average Bonchev–Trinajstić information content (AvgIpc) is 3.79.